The van der Waals surface area contributed by atoms with Gasteiger partial charge in [0.15, 0.2) is 5.15 Å². The Morgan fingerprint density at radius 3 is 2.50 bits per heavy atom. The third kappa shape index (κ3) is 2.00. The molecular formula is C11H11BrClN3. The van der Waals surface area contributed by atoms with Gasteiger partial charge in [-0.2, -0.15) is 0 Å². The van der Waals surface area contributed by atoms with Crippen LogP contribution < -0.4 is 5.73 Å². The second kappa shape index (κ2) is 4.57. The van der Waals surface area contributed by atoms with Gasteiger partial charge in [0.2, 0.25) is 0 Å². The lowest BCUT2D eigenvalue weighted by Crippen LogP contribution is -2.05. The molecule has 0 atom stereocenters. The molecule has 0 radical (unpaired) electrons. The van der Waals surface area contributed by atoms with Gasteiger partial charge < -0.3 is 10.3 Å². The maximum absolute atomic E-state index is 6.10. The minimum Gasteiger partial charge on any atom is -0.329 e. The van der Waals surface area contributed by atoms with Crippen molar-refractivity contribution in [3.8, 4) is 11.3 Å². The van der Waals surface area contributed by atoms with Crippen LogP contribution in [0.25, 0.3) is 11.3 Å². The number of imidazole rings is 1. The summed E-state index contributed by atoms with van der Waals surface area (Å²) in [7, 11) is 1.92. The van der Waals surface area contributed by atoms with Gasteiger partial charge in [-0.15, -0.1) is 0 Å². The predicted octanol–water partition coefficient (Wildman–Crippen LogP) is 2.96. The highest BCUT2D eigenvalue weighted by atomic mass is 79.9. The molecule has 5 heteroatoms. The van der Waals surface area contributed by atoms with E-state index in [1.165, 1.54) is 0 Å². The summed E-state index contributed by atoms with van der Waals surface area (Å²) < 4.78 is 2.96. The van der Waals surface area contributed by atoms with E-state index in [1.54, 1.807) is 0 Å². The third-order valence-corrected chi connectivity index (χ3v) is 3.24. The molecule has 1 aromatic carbocycles. The van der Waals surface area contributed by atoms with Crippen molar-refractivity contribution in [2.24, 2.45) is 12.8 Å². The second-order valence-corrected chi connectivity index (χ2v) is 4.71. The highest BCUT2D eigenvalue weighted by molar-refractivity contribution is 9.10. The smallest absolute Gasteiger partial charge is 0.155 e. The number of aromatic nitrogens is 2. The lowest BCUT2D eigenvalue weighted by atomic mass is 10.2. The third-order valence-electron chi connectivity index (χ3n) is 2.45. The summed E-state index contributed by atoms with van der Waals surface area (Å²) >= 11 is 9.50. The molecule has 0 spiro atoms. The molecule has 84 valence electrons. The van der Waals surface area contributed by atoms with Crippen LogP contribution >= 0.6 is 27.5 Å². The van der Waals surface area contributed by atoms with Crippen molar-refractivity contribution in [1.29, 1.82) is 0 Å². The van der Waals surface area contributed by atoms with Crippen molar-refractivity contribution in [1.82, 2.24) is 9.55 Å². The van der Waals surface area contributed by atoms with Gasteiger partial charge in [0.25, 0.3) is 0 Å². The molecule has 2 rings (SSSR count). The van der Waals surface area contributed by atoms with Gasteiger partial charge in [0.1, 0.15) is 5.82 Å². The monoisotopic (exact) mass is 299 g/mol. The molecule has 0 saturated heterocycles. The largest absolute Gasteiger partial charge is 0.329 e. The number of nitrogens with zero attached hydrogens (tertiary/aromatic N) is 2. The summed E-state index contributed by atoms with van der Waals surface area (Å²) in [6, 6.07) is 7.93. The normalized spacial score (nSPS) is 10.8. The first-order valence-corrected chi connectivity index (χ1v) is 5.97. The van der Waals surface area contributed by atoms with E-state index in [4.69, 9.17) is 17.3 Å². The van der Waals surface area contributed by atoms with Crippen LogP contribution in [0.5, 0.6) is 0 Å². The molecule has 2 aromatic rings. The Labute approximate surface area is 107 Å². The van der Waals surface area contributed by atoms with Gasteiger partial charge in [0, 0.05) is 17.1 Å². The Bertz CT molecular complexity index is 505. The van der Waals surface area contributed by atoms with E-state index in [0.29, 0.717) is 11.7 Å². The fourth-order valence-electron chi connectivity index (χ4n) is 1.61. The number of hydrogen-bond donors (Lipinski definition) is 1. The second-order valence-electron chi connectivity index (χ2n) is 3.44. The minimum atomic E-state index is 0.382. The molecule has 0 fully saturated rings. The first-order chi connectivity index (χ1) is 7.63. The van der Waals surface area contributed by atoms with E-state index in [1.807, 2.05) is 35.9 Å². The molecule has 0 aliphatic carbocycles. The van der Waals surface area contributed by atoms with Gasteiger partial charge in [-0.1, -0.05) is 39.7 Å². The van der Waals surface area contributed by atoms with E-state index >= 15 is 0 Å². The van der Waals surface area contributed by atoms with Gasteiger partial charge in [-0.25, -0.2) is 4.98 Å². The number of rotatable bonds is 2. The van der Waals surface area contributed by atoms with E-state index in [2.05, 4.69) is 20.9 Å². The van der Waals surface area contributed by atoms with Crippen LogP contribution in [-0.2, 0) is 13.6 Å². The first-order valence-electron chi connectivity index (χ1n) is 4.80. The van der Waals surface area contributed by atoms with Crippen LogP contribution in [0, 0.1) is 0 Å². The molecule has 0 unspecified atom stereocenters. The topological polar surface area (TPSA) is 43.8 Å². The summed E-state index contributed by atoms with van der Waals surface area (Å²) in [6.07, 6.45) is 0. The highest BCUT2D eigenvalue weighted by Gasteiger charge is 2.13. The Morgan fingerprint density at radius 2 is 2.00 bits per heavy atom. The van der Waals surface area contributed by atoms with E-state index in [-0.39, 0.29) is 0 Å². The molecule has 0 aliphatic heterocycles. The van der Waals surface area contributed by atoms with E-state index in [9.17, 15) is 0 Å². The molecule has 0 aliphatic rings. The predicted molar refractivity (Wildman–Crippen MR) is 69.2 cm³/mol. The van der Waals surface area contributed by atoms with Crippen molar-refractivity contribution in [2.45, 2.75) is 6.54 Å². The molecule has 16 heavy (non-hydrogen) atoms. The maximum Gasteiger partial charge on any atom is 0.155 e. The van der Waals surface area contributed by atoms with E-state index in [0.717, 1.165) is 21.6 Å². The fourth-order valence-corrected chi connectivity index (χ4v) is 2.21. The Kier molecular flexibility index (Phi) is 3.33. The molecule has 0 amide bonds. The average Bonchev–Trinajstić information content (AvgIpc) is 2.56. The number of halogens is 2. The number of hydrogen-bond acceptors (Lipinski definition) is 2. The molecule has 0 saturated carbocycles. The SMILES string of the molecule is Cn1c(CN)nc(Cl)c1-c1ccc(Br)cc1. The lowest BCUT2D eigenvalue weighted by Gasteiger charge is -2.05. The molecular weight excluding hydrogens is 289 g/mol. The van der Waals surface area contributed by atoms with Gasteiger partial charge >= 0.3 is 0 Å². The molecule has 3 nitrogen and oxygen atoms in total. The van der Waals surface area contributed by atoms with Crippen LogP contribution in [0.15, 0.2) is 28.7 Å². The summed E-state index contributed by atoms with van der Waals surface area (Å²) in [5.41, 5.74) is 7.51. The standard InChI is InChI=1S/C11H11BrClN3/c1-16-9(6-14)15-11(13)10(16)7-2-4-8(12)5-3-7/h2-5H,6,14H2,1H3. The Balaban J connectivity index is 2.55. The van der Waals surface area contributed by atoms with Crippen LogP contribution in [-0.4, -0.2) is 9.55 Å². The van der Waals surface area contributed by atoms with Crippen LogP contribution in [0.4, 0.5) is 0 Å². The zero-order valence-electron chi connectivity index (χ0n) is 8.74. The number of benzene rings is 1. The molecule has 1 heterocycles. The van der Waals surface area contributed by atoms with Crippen LogP contribution in [0.1, 0.15) is 5.82 Å². The Hall–Kier alpha value is -0.840. The minimum absolute atomic E-state index is 0.382. The summed E-state index contributed by atoms with van der Waals surface area (Å²) in [6.45, 7) is 0.382. The summed E-state index contributed by atoms with van der Waals surface area (Å²) in [4.78, 5) is 4.22. The van der Waals surface area contributed by atoms with Gasteiger partial charge in [-0.05, 0) is 12.1 Å². The van der Waals surface area contributed by atoms with Crippen molar-refractivity contribution < 1.29 is 0 Å². The van der Waals surface area contributed by atoms with Gasteiger partial charge in [-0.3, -0.25) is 0 Å². The quantitative estimate of drug-likeness (QED) is 0.926. The maximum atomic E-state index is 6.10. The molecule has 1 aromatic heterocycles. The van der Waals surface area contributed by atoms with E-state index < -0.39 is 0 Å². The van der Waals surface area contributed by atoms with Gasteiger partial charge in [0.05, 0.1) is 12.2 Å². The Morgan fingerprint density at radius 1 is 1.38 bits per heavy atom. The molecule has 2 N–H and O–H groups in total. The lowest BCUT2D eigenvalue weighted by molar-refractivity contribution is 0.799. The van der Waals surface area contributed by atoms with Crippen LogP contribution in [0.3, 0.4) is 0 Å². The summed E-state index contributed by atoms with van der Waals surface area (Å²) in [5.74, 6) is 0.780. The molecule has 0 bridgehead atoms. The van der Waals surface area contributed by atoms with Crippen LogP contribution in [0.2, 0.25) is 5.15 Å². The average molecular weight is 301 g/mol. The zero-order chi connectivity index (χ0) is 11.7. The zero-order valence-corrected chi connectivity index (χ0v) is 11.1. The van der Waals surface area contributed by atoms with Crippen molar-refractivity contribution in [3.63, 3.8) is 0 Å². The van der Waals surface area contributed by atoms with Crippen molar-refractivity contribution in [3.05, 3.63) is 39.7 Å². The first kappa shape index (κ1) is 11.6. The van der Waals surface area contributed by atoms with Crippen molar-refractivity contribution in [2.75, 3.05) is 0 Å². The fraction of sp³-hybridized carbons (Fsp3) is 0.182. The summed E-state index contributed by atoms with van der Waals surface area (Å²) in [5, 5.41) is 0.491. The van der Waals surface area contributed by atoms with Crippen molar-refractivity contribution >= 4 is 27.5 Å². The highest BCUT2D eigenvalue weighted by Crippen LogP contribution is 2.28. The number of nitrogens with two attached hydrogens (primary N) is 1.